The zero-order valence-corrected chi connectivity index (χ0v) is 11.4. The summed E-state index contributed by atoms with van der Waals surface area (Å²) in [4.78, 5) is 2.05. The van der Waals surface area contributed by atoms with Gasteiger partial charge in [0.25, 0.3) is 0 Å². The number of hydrogen-bond donors (Lipinski definition) is 1. The normalized spacial score (nSPS) is 13.2. The van der Waals surface area contributed by atoms with Crippen molar-refractivity contribution in [1.82, 2.24) is 0 Å². The average Bonchev–Trinajstić information content (AvgIpc) is 2.53. The molecule has 0 amide bonds. The molecule has 0 bridgehead atoms. The Morgan fingerprint density at radius 1 is 0.800 bits per heavy atom. The Hall–Kier alpha value is -2.32. The Balaban J connectivity index is 2.49. The summed E-state index contributed by atoms with van der Waals surface area (Å²) in [7, 11) is 0. The van der Waals surface area contributed by atoms with Gasteiger partial charge in [-0.3, -0.25) is 0 Å². The van der Waals surface area contributed by atoms with E-state index >= 15 is 0 Å². The molecule has 0 radical (unpaired) electrons. The van der Waals surface area contributed by atoms with Crippen LogP contribution in [0.1, 0.15) is 0 Å². The van der Waals surface area contributed by atoms with Gasteiger partial charge >= 0.3 is 0 Å². The Kier molecular flexibility index (Phi) is 4.75. The monoisotopic (exact) mass is 265 g/mol. The van der Waals surface area contributed by atoms with Gasteiger partial charge < -0.3 is 10.0 Å². The van der Waals surface area contributed by atoms with Crippen LogP contribution in [0.5, 0.6) is 0 Å². The summed E-state index contributed by atoms with van der Waals surface area (Å²) in [6.07, 6.45) is 2.59. The van der Waals surface area contributed by atoms with Crippen molar-refractivity contribution in [2.75, 3.05) is 4.90 Å². The maximum Gasteiger partial charge on any atom is 0.0961 e. The molecule has 2 aromatic rings. The first kappa shape index (κ1) is 14.1. The summed E-state index contributed by atoms with van der Waals surface area (Å²) in [5.41, 5.74) is 2.01. The van der Waals surface area contributed by atoms with Gasteiger partial charge in [0.1, 0.15) is 0 Å². The first-order valence-corrected chi connectivity index (χ1v) is 6.60. The van der Waals surface area contributed by atoms with Crippen molar-refractivity contribution in [2.45, 2.75) is 12.1 Å². The summed E-state index contributed by atoms with van der Waals surface area (Å²) in [5.74, 6) is 0. The summed E-state index contributed by atoms with van der Waals surface area (Å²) in [5, 5.41) is 10.2. The zero-order valence-electron chi connectivity index (χ0n) is 11.4. The van der Waals surface area contributed by atoms with Gasteiger partial charge in [-0.15, -0.1) is 13.2 Å². The lowest BCUT2D eigenvalue weighted by Crippen LogP contribution is -2.38. The summed E-state index contributed by atoms with van der Waals surface area (Å²) >= 11 is 0. The minimum Gasteiger partial charge on any atom is -0.387 e. The molecule has 0 aliphatic rings. The SMILES string of the molecule is C=C[C@H]([C@@H](O)C=C)N(c1ccccc1)c1ccccc1. The molecule has 0 unspecified atom stereocenters. The van der Waals surface area contributed by atoms with E-state index in [4.69, 9.17) is 0 Å². The fourth-order valence-corrected chi connectivity index (χ4v) is 2.21. The fourth-order valence-electron chi connectivity index (χ4n) is 2.21. The van der Waals surface area contributed by atoms with Crippen molar-refractivity contribution in [3.8, 4) is 0 Å². The Bertz CT molecular complexity index is 511. The van der Waals surface area contributed by atoms with Crippen LogP contribution in [0.3, 0.4) is 0 Å². The smallest absolute Gasteiger partial charge is 0.0961 e. The highest BCUT2D eigenvalue weighted by atomic mass is 16.3. The predicted molar refractivity (Wildman–Crippen MR) is 85.2 cm³/mol. The molecule has 2 atom stereocenters. The number of anilines is 2. The molecule has 0 spiro atoms. The van der Waals surface area contributed by atoms with Gasteiger partial charge in [-0.25, -0.2) is 0 Å². The maximum atomic E-state index is 10.2. The number of nitrogens with zero attached hydrogens (tertiary/aromatic N) is 1. The number of benzene rings is 2. The van der Waals surface area contributed by atoms with Crippen LogP contribution >= 0.6 is 0 Å². The van der Waals surface area contributed by atoms with Gasteiger partial charge in [-0.05, 0) is 24.3 Å². The Labute approximate surface area is 120 Å². The van der Waals surface area contributed by atoms with Crippen LogP contribution in [0.2, 0.25) is 0 Å². The molecule has 2 nitrogen and oxygen atoms in total. The molecule has 2 heteroatoms. The summed E-state index contributed by atoms with van der Waals surface area (Å²) in [6, 6.07) is 19.6. The molecule has 20 heavy (non-hydrogen) atoms. The van der Waals surface area contributed by atoms with E-state index in [-0.39, 0.29) is 6.04 Å². The van der Waals surface area contributed by atoms with E-state index in [1.807, 2.05) is 60.7 Å². The van der Waals surface area contributed by atoms with E-state index in [1.165, 1.54) is 6.08 Å². The third-order valence-corrected chi connectivity index (χ3v) is 3.20. The quantitative estimate of drug-likeness (QED) is 0.800. The Morgan fingerprint density at radius 3 is 1.60 bits per heavy atom. The second-order valence-electron chi connectivity index (χ2n) is 4.49. The first-order chi connectivity index (χ1) is 9.77. The molecule has 2 rings (SSSR count). The third-order valence-electron chi connectivity index (χ3n) is 3.20. The molecule has 0 aromatic heterocycles. The lowest BCUT2D eigenvalue weighted by molar-refractivity contribution is 0.208. The number of aliphatic hydroxyl groups is 1. The van der Waals surface area contributed by atoms with Crippen molar-refractivity contribution >= 4 is 11.4 Å². The molecule has 0 saturated heterocycles. The van der Waals surface area contributed by atoms with Gasteiger partial charge in [0.05, 0.1) is 12.1 Å². The van der Waals surface area contributed by atoms with Crippen LogP contribution in [0.4, 0.5) is 11.4 Å². The highest BCUT2D eigenvalue weighted by molar-refractivity contribution is 5.65. The first-order valence-electron chi connectivity index (χ1n) is 6.60. The maximum absolute atomic E-state index is 10.2. The molecule has 102 valence electrons. The van der Waals surface area contributed by atoms with Crippen molar-refractivity contribution in [1.29, 1.82) is 0 Å². The molecule has 0 saturated carbocycles. The molecule has 0 heterocycles. The molecule has 2 aromatic carbocycles. The lowest BCUT2D eigenvalue weighted by Gasteiger charge is -2.33. The van der Waals surface area contributed by atoms with Gasteiger partial charge in [0.2, 0.25) is 0 Å². The van der Waals surface area contributed by atoms with Crippen molar-refractivity contribution in [3.05, 3.63) is 86.0 Å². The topological polar surface area (TPSA) is 23.5 Å². The highest BCUT2D eigenvalue weighted by Crippen LogP contribution is 2.29. The van der Waals surface area contributed by atoms with E-state index in [1.54, 1.807) is 6.08 Å². The molecule has 1 N–H and O–H groups in total. The largest absolute Gasteiger partial charge is 0.387 e. The average molecular weight is 265 g/mol. The van der Waals surface area contributed by atoms with E-state index < -0.39 is 6.10 Å². The van der Waals surface area contributed by atoms with Crippen molar-refractivity contribution < 1.29 is 5.11 Å². The number of rotatable bonds is 6. The second kappa shape index (κ2) is 6.73. The Morgan fingerprint density at radius 2 is 1.25 bits per heavy atom. The van der Waals surface area contributed by atoms with Gasteiger partial charge in [-0.1, -0.05) is 48.6 Å². The van der Waals surface area contributed by atoms with Crippen LogP contribution < -0.4 is 4.90 Å². The van der Waals surface area contributed by atoms with Crippen LogP contribution in [0, 0.1) is 0 Å². The van der Waals surface area contributed by atoms with Crippen molar-refractivity contribution in [2.24, 2.45) is 0 Å². The minimum atomic E-state index is -0.687. The van der Waals surface area contributed by atoms with Crippen LogP contribution in [0.25, 0.3) is 0 Å². The van der Waals surface area contributed by atoms with Gasteiger partial charge in [0, 0.05) is 11.4 Å². The van der Waals surface area contributed by atoms with Crippen molar-refractivity contribution in [3.63, 3.8) is 0 Å². The summed E-state index contributed by atoms with van der Waals surface area (Å²) < 4.78 is 0. The van der Waals surface area contributed by atoms with Crippen LogP contribution in [-0.2, 0) is 0 Å². The number of aliphatic hydroxyl groups excluding tert-OH is 1. The minimum absolute atomic E-state index is 0.266. The molecule has 0 aliphatic carbocycles. The molecule has 0 aliphatic heterocycles. The van der Waals surface area contributed by atoms with E-state index in [0.29, 0.717) is 0 Å². The number of para-hydroxylation sites is 2. The van der Waals surface area contributed by atoms with E-state index in [2.05, 4.69) is 18.1 Å². The molecular formula is C18H19NO. The molecule has 0 fully saturated rings. The predicted octanol–water partition coefficient (Wildman–Crippen LogP) is 3.93. The second-order valence-corrected chi connectivity index (χ2v) is 4.49. The standard InChI is InChI=1S/C18H19NO/c1-3-17(18(20)4-2)19(15-11-7-5-8-12-15)16-13-9-6-10-14-16/h3-14,17-18,20H,1-2H2/t17-,18+/m1/s1. The van der Waals surface area contributed by atoms with E-state index in [9.17, 15) is 5.11 Å². The van der Waals surface area contributed by atoms with E-state index in [0.717, 1.165) is 11.4 Å². The fraction of sp³-hybridized carbons (Fsp3) is 0.111. The van der Waals surface area contributed by atoms with Crippen LogP contribution in [0.15, 0.2) is 86.0 Å². The van der Waals surface area contributed by atoms with Gasteiger partial charge in [0.15, 0.2) is 0 Å². The lowest BCUT2D eigenvalue weighted by atomic mass is 10.1. The zero-order chi connectivity index (χ0) is 14.4. The highest BCUT2D eigenvalue weighted by Gasteiger charge is 2.23. The third kappa shape index (κ3) is 2.98. The van der Waals surface area contributed by atoms with Crippen LogP contribution in [-0.4, -0.2) is 17.3 Å². The summed E-state index contributed by atoms with van der Waals surface area (Å²) in [6.45, 7) is 7.53. The van der Waals surface area contributed by atoms with Gasteiger partial charge in [-0.2, -0.15) is 0 Å². The molecular weight excluding hydrogens is 246 g/mol. The number of hydrogen-bond acceptors (Lipinski definition) is 2.